The molecule has 2 aromatic carbocycles. The molecule has 0 atom stereocenters. The van der Waals surface area contributed by atoms with Crippen LogP contribution >= 0.6 is 23.2 Å². The number of para-hydroxylation sites is 1. The summed E-state index contributed by atoms with van der Waals surface area (Å²) in [5.41, 5.74) is 3.64. The van der Waals surface area contributed by atoms with E-state index in [1.54, 1.807) is 18.2 Å². The van der Waals surface area contributed by atoms with Crippen LogP contribution in [0.4, 0.5) is 17.3 Å². The quantitative estimate of drug-likeness (QED) is 0.418. The van der Waals surface area contributed by atoms with Crippen LogP contribution in [0.5, 0.6) is 5.88 Å². The number of carbonyl (C=O) groups excluding carboxylic acids is 2. The van der Waals surface area contributed by atoms with E-state index in [0.717, 1.165) is 37.2 Å². The number of anilines is 3. The van der Waals surface area contributed by atoms with Crippen LogP contribution in [-0.2, 0) is 11.3 Å². The van der Waals surface area contributed by atoms with Crippen LogP contribution in [0.25, 0.3) is 0 Å². The van der Waals surface area contributed by atoms with Crippen LogP contribution < -0.4 is 25.6 Å². The van der Waals surface area contributed by atoms with Crippen LogP contribution in [-0.4, -0.2) is 41.6 Å². The molecule has 2 amide bonds. The zero-order valence-electron chi connectivity index (χ0n) is 20.2. The Balaban J connectivity index is 1.37. The number of ether oxygens (including phenoxy) is 1. The van der Waals surface area contributed by atoms with Gasteiger partial charge in [0, 0.05) is 25.4 Å². The number of benzene rings is 2. The van der Waals surface area contributed by atoms with Gasteiger partial charge >= 0.3 is 0 Å². The van der Waals surface area contributed by atoms with Crippen molar-refractivity contribution in [2.24, 2.45) is 0 Å². The number of hydrogen-bond acceptors (Lipinski definition) is 7. The van der Waals surface area contributed by atoms with Gasteiger partial charge in [-0.3, -0.25) is 14.5 Å². The summed E-state index contributed by atoms with van der Waals surface area (Å²) < 4.78 is 5.78. The predicted molar refractivity (Wildman–Crippen MR) is 143 cm³/mol. The Morgan fingerprint density at radius 2 is 1.95 bits per heavy atom. The molecule has 2 aliphatic heterocycles. The third kappa shape index (κ3) is 5.49. The van der Waals surface area contributed by atoms with Crippen molar-refractivity contribution in [3.8, 4) is 5.88 Å². The lowest BCUT2D eigenvalue weighted by Gasteiger charge is -2.29. The van der Waals surface area contributed by atoms with E-state index in [1.165, 1.54) is 23.6 Å². The van der Waals surface area contributed by atoms with Crippen molar-refractivity contribution >= 4 is 52.3 Å². The number of carbonyl (C=O) groups is 2. The zero-order chi connectivity index (χ0) is 25.9. The lowest BCUT2D eigenvalue weighted by Crippen LogP contribution is -2.39. The van der Waals surface area contributed by atoms with Crippen LogP contribution in [0.3, 0.4) is 0 Å². The predicted octanol–water partition coefficient (Wildman–Crippen LogP) is 4.63. The number of piperidine rings is 1. The number of aromatic nitrogens is 2. The molecule has 3 N–H and O–H groups in total. The van der Waals surface area contributed by atoms with E-state index < -0.39 is 0 Å². The van der Waals surface area contributed by atoms with Crippen LogP contribution in [0, 0.1) is 0 Å². The molecule has 0 saturated carbocycles. The van der Waals surface area contributed by atoms with E-state index in [4.69, 9.17) is 27.9 Å². The Morgan fingerprint density at radius 1 is 1.19 bits per heavy atom. The van der Waals surface area contributed by atoms with Gasteiger partial charge in [0.25, 0.3) is 5.91 Å². The molecule has 1 aromatic heterocycles. The maximum Gasteiger partial charge on any atom is 0.268 e. The monoisotopic (exact) mass is 540 g/mol. The SMILES string of the molecule is CC(=O)NCc1cc(Nc2ncc3c(n2)OCN(c2c(Cl)cccc2Cl)C3=O)ccc1C1CCNCC1. The summed E-state index contributed by atoms with van der Waals surface area (Å²) in [6.45, 7) is 3.82. The highest BCUT2D eigenvalue weighted by molar-refractivity contribution is 6.40. The molecule has 1 saturated heterocycles. The molecular weight excluding hydrogens is 515 g/mol. The van der Waals surface area contributed by atoms with Gasteiger partial charge < -0.3 is 20.7 Å². The fraction of sp³-hybridized carbons (Fsp3) is 0.308. The van der Waals surface area contributed by atoms with Crippen LogP contribution in [0.2, 0.25) is 10.0 Å². The zero-order valence-corrected chi connectivity index (χ0v) is 21.7. The van der Waals surface area contributed by atoms with Gasteiger partial charge in [0.1, 0.15) is 5.56 Å². The van der Waals surface area contributed by atoms with Gasteiger partial charge in [-0.2, -0.15) is 4.98 Å². The molecule has 5 rings (SSSR count). The molecule has 11 heteroatoms. The van der Waals surface area contributed by atoms with E-state index in [0.29, 0.717) is 28.2 Å². The number of fused-ring (bicyclic) bond motifs is 1. The minimum atomic E-state index is -0.355. The highest BCUT2D eigenvalue weighted by Gasteiger charge is 2.31. The molecule has 2 aliphatic rings. The van der Waals surface area contributed by atoms with E-state index in [9.17, 15) is 9.59 Å². The summed E-state index contributed by atoms with van der Waals surface area (Å²) in [5, 5.41) is 10.2. The Kier molecular flexibility index (Phi) is 7.45. The van der Waals surface area contributed by atoms with E-state index >= 15 is 0 Å². The van der Waals surface area contributed by atoms with Gasteiger partial charge in [0.15, 0.2) is 6.73 Å². The lowest BCUT2D eigenvalue weighted by molar-refractivity contribution is -0.119. The number of nitrogens with zero attached hydrogens (tertiary/aromatic N) is 3. The largest absolute Gasteiger partial charge is 0.455 e. The van der Waals surface area contributed by atoms with E-state index in [2.05, 4.69) is 32.0 Å². The summed E-state index contributed by atoms with van der Waals surface area (Å²) in [6.07, 6.45) is 3.52. The van der Waals surface area contributed by atoms with Gasteiger partial charge in [-0.05, 0) is 67.2 Å². The normalized spacial score (nSPS) is 15.6. The van der Waals surface area contributed by atoms with Gasteiger partial charge in [0.2, 0.25) is 17.7 Å². The second kappa shape index (κ2) is 10.9. The summed E-state index contributed by atoms with van der Waals surface area (Å²) in [6, 6.07) is 11.1. The average Bonchev–Trinajstić information content (AvgIpc) is 2.89. The second-order valence-electron chi connectivity index (χ2n) is 8.96. The third-order valence-electron chi connectivity index (χ3n) is 6.47. The van der Waals surface area contributed by atoms with Crippen molar-refractivity contribution in [3.05, 3.63) is 69.3 Å². The summed E-state index contributed by atoms with van der Waals surface area (Å²) in [7, 11) is 0. The average molecular weight is 541 g/mol. The van der Waals surface area contributed by atoms with Gasteiger partial charge in [-0.1, -0.05) is 35.3 Å². The van der Waals surface area contributed by atoms with Gasteiger partial charge in [-0.15, -0.1) is 0 Å². The third-order valence-corrected chi connectivity index (χ3v) is 7.08. The van der Waals surface area contributed by atoms with Gasteiger partial charge in [-0.25, -0.2) is 4.98 Å². The van der Waals surface area contributed by atoms with E-state index in [1.807, 2.05) is 12.1 Å². The van der Waals surface area contributed by atoms with Crippen molar-refractivity contribution in [2.45, 2.75) is 32.2 Å². The number of nitrogens with one attached hydrogen (secondary N) is 3. The number of halogens is 2. The first-order valence-corrected chi connectivity index (χ1v) is 12.8. The Labute approximate surface area is 224 Å². The molecule has 0 unspecified atom stereocenters. The van der Waals surface area contributed by atoms with E-state index in [-0.39, 0.29) is 35.9 Å². The Bertz CT molecular complexity index is 1330. The van der Waals surface area contributed by atoms with Crippen molar-refractivity contribution in [3.63, 3.8) is 0 Å². The fourth-order valence-electron chi connectivity index (χ4n) is 4.64. The molecule has 3 heterocycles. The number of hydrogen-bond donors (Lipinski definition) is 3. The first kappa shape index (κ1) is 25.3. The Hall–Kier alpha value is -3.40. The standard InChI is InChI=1S/C26H26Cl2N6O3/c1-15(35)30-12-17-11-18(5-6-19(17)16-7-9-29-10-8-16)32-26-31-13-20-24(33-26)37-14-34(25(20)36)23-21(27)3-2-4-22(23)28/h2-6,11,13,16,29H,7-10,12,14H2,1H3,(H,30,35)(H,31,32,33). The topological polar surface area (TPSA) is 108 Å². The minimum Gasteiger partial charge on any atom is -0.455 e. The molecule has 9 nitrogen and oxygen atoms in total. The van der Waals surface area contributed by atoms with Crippen LogP contribution in [0.1, 0.15) is 47.2 Å². The fourth-order valence-corrected chi connectivity index (χ4v) is 5.24. The molecular formula is C26H26Cl2N6O3. The summed E-state index contributed by atoms with van der Waals surface area (Å²) >= 11 is 12.6. The Morgan fingerprint density at radius 3 is 2.68 bits per heavy atom. The molecule has 1 fully saturated rings. The molecule has 0 spiro atoms. The number of amides is 2. The molecule has 37 heavy (non-hydrogen) atoms. The summed E-state index contributed by atoms with van der Waals surface area (Å²) in [5.74, 6) is 0.462. The highest BCUT2D eigenvalue weighted by Crippen LogP contribution is 2.37. The second-order valence-corrected chi connectivity index (χ2v) is 9.78. The smallest absolute Gasteiger partial charge is 0.268 e. The van der Waals surface area contributed by atoms with Crippen molar-refractivity contribution in [2.75, 3.05) is 30.0 Å². The molecule has 192 valence electrons. The maximum atomic E-state index is 13.1. The molecule has 0 radical (unpaired) electrons. The van der Waals surface area contributed by atoms with Gasteiger partial charge in [0.05, 0.1) is 15.7 Å². The van der Waals surface area contributed by atoms with Crippen molar-refractivity contribution in [1.29, 1.82) is 0 Å². The summed E-state index contributed by atoms with van der Waals surface area (Å²) in [4.78, 5) is 34.8. The molecule has 3 aromatic rings. The molecule has 0 aliphatic carbocycles. The first-order valence-electron chi connectivity index (χ1n) is 12.0. The lowest BCUT2D eigenvalue weighted by atomic mass is 9.87. The molecule has 0 bridgehead atoms. The van der Waals surface area contributed by atoms with Crippen LogP contribution in [0.15, 0.2) is 42.6 Å². The van der Waals surface area contributed by atoms with Crippen molar-refractivity contribution in [1.82, 2.24) is 20.6 Å². The maximum absolute atomic E-state index is 13.1. The highest BCUT2D eigenvalue weighted by atomic mass is 35.5. The first-order chi connectivity index (χ1) is 17.9. The number of rotatable bonds is 6. The van der Waals surface area contributed by atoms with Crippen molar-refractivity contribution < 1.29 is 14.3 Å². The minimum absolute atomic E-state index is 0.0819.